The molecule has 1 fully saturated rings. The summed E-state index contributed by atoms with van der Waals surface area (Å²) in [5.41, 5.74) is 4.40. The number of likely N-dealkylation sites (tertiary alicyclic amines) is 1. The number of aromatic nitrogens is 2. The first-order valence-corrected chi connectivity index (χ1v) is 11.1. The summed E-state index contributed by atoms with van der Waals surface area (Å²) in [4.78, 5) is 34.9. The Bertz CT molecular complexity index is 1230. The molecule has 3 N–H and O–H groups in total. The van der Waals surface area contributed by atoms with Gasteiger partial charge in [-0.05, 0) is 61.4 Å². The maximum Gasteiger partial charge on any atom is 0.321 e. The first-order valence-electron chi connectivity index (χ1n) is 11.1. The molecule has 0 spiro atoms. The van der Waals surface area contributed by atoms with Crippen LogP contribution in [0.5, 0.6) is 0 Å². The van der Waals surface area contributed by atoms with Crippen LogP contribution in [-0.2, 0) is 4.79 Å². The standard InChI is InChI=1S/C26H25N5O2/c32-25(19-14-16-31(17-15-19)26(33)28-20-6-2-1-3-7-20)27-21-12-10-18(11-13-21)24-29-22-8-4-5-9-23(22)30-24/h1-13,19H,14-17H2,(H,27,32)(H,28,33)(H,29,30). The maximum absolute atomic E-state index is 12.8. The van der Waals surface area contributed by atoms with E-state index in [1.54, 1.807) is 4.90 Å². The minimum atomic E-state index is -0.124. The van der Waals surface area contributed by atoms with Crippen molar-refractivity contribution in [3.05, 3.63) is 78.9 Å². The van der Waals surface area contributed by atoms with Crippen molar-refractivity contribution in [3.8, 4) is 11.4 Å². The van der Waals surface area contributed by atoms with Gasteiger partial charge in [0.1, 0.15) is 5.82 Å². The van der Waals surface area contributed by atoms with Crippen LogP contribution in [0.3, 0.4) is 0 Å². The number of fused-ring (bicyclic) bond motifs is 1. The second-order valence-electron chi connectivity index (χ2n) is 8.23. The van der Waals surface area contributed by atoms with Gasteiger partial charge in [0.05, 0.1) is 11.0 Å². The normalized spacial score (nSPS) is 14.2. The Labute approximate surface area is 191 Å². The largest absolute Gasteiger partial charge is 0.338 e. The molecule has 0 unspecified atom stereocenters. The smallest absolute Gasteiger partial charge is 0.321 e. The van der Waals surface area contributed by atoms with Crippen molar-refractivity contribution in [2.24, 2.45) is 5.92 Å². The Balaban J connectivity index is 1.15. The molecule has 0 bridgehead atoms. The van der Waals surface area contributed by atoms with Crippen LogP contribution in [-0.4, -0.2) is 39.9 Å². The predicted octanol–water partition coefficient (Wildman–Crippen LogP) is 5.11. The lowest BCUT2D eigenvalue weighted by molar-refractivity contribution is -0.121. The molecule has 1 saturated heterocycles. The number of nitrogens with one attached hydrogen (secondary N) is 3. The van der Waals surface area contributed by atoms with E-state index in [1.165, 1.54) is 0 Å². The Hall–Kier alpha value is -4.13. The minimum absolute atomic E-state index is 0.00500. The van der Waals surface area contributed by atoms with Crippen LogP contribution in [0, 0.1) is 5.92 Å². The molecule has 1 aliphatic heterocycles. The average molecular weight is 440 g/mol. The van der Waals surface area contributed by atoms with Crippen molar-refractivity contribution in [3.63, 3.8) is 0 Å². The summed E-state index contributed by atoms with van der Waals surface area (Å²) >= 11 is 0. The van der Waals surface area contributed by atoms with Gasteiger partial charge >= 0.3 is 6.03 Å². The van der Waals surface area contributed by atoms with Gasteiger partial charge < -0.3 is 20.5 Å². The molecular formula is C26H25N5O2. The van der Waals surface area contributed by atoms with Gasteiger partial charge in [0, 0.05) is 35.9 Å². The third-order valence-corrected chi connectivity index (χ3v) is 5.99. The third kappa shape index (κ3) is 4.72. The van der Waals surface area contributed by atoms with E-state index in [0.717, 1.165) is 33.8 Å². The van der Waals surface area contributed by atoms with Crippen molar-refractivity contribution in [2.45, 2.75) is 12.8 Å². The number of rotatable bonds is 4. The Kier molecular flexibility index (Phi) is 5.76. The highest BCUT2D eigenvalue weighted by Gasteiger charge is 2.27. The monoisotopic (exact) mass is 439 g/mol. The van der Waals surface area contributed by atoms with E-state index < -0.39 is 0 Å². The van der Waals surface area contributed by atoms with Crippen LogP contribution >= 0.6 is 0 Å². The van der Waals surface area contributed by atoms with Gasteiger partial charge in [-0.3, -0.25) is 4.79 Å². The molecule has 0 aliphatic carbocycles. The van der Waals surface area contributed by atoms with Crippen LogP contribution in [0.25, 0.3) is 22.4 Å². The molecule has 5 rings (SSSR count). The number of benzene rings is 3. The molecule has 0 radical (unpaired) electrons. The van der Waals surface area contributed by atoms with Crippen molar-refractivity contribution >= 4 is 34.3 Å². The topological polar surface area (TPSA) is 90.1 Å². The summed E-state index contributed by atoms with van der Waals surface area (Å²) in [6.07, 6.45) is 1.29. The highest BCUT2D eigenvalue weighted by molar-refractivity contribution is 5.93. The maximum atomic E-state index is 12.8. The van der Waals surface area contributed by atoms with E-state index in [1.807, 2.05) is 78.9 Å². The number of nitrogens with zero attached hydrogens (tertiary/aromatic N) is 2. The first-order chi connectivity index (χ1) is 16.2. The van der Waals surface area contributed by atoms with Crippen LogP contribution in [0.4, 0.5) is 16.2 Å². The van der Waals surface area contributed by atoms with Gasteiger partial charge in [0.15, 0.2) is 0 Å². The van der Waals surface area contributed by atoms with Gasteiger partial charge in [0.25, 0.3) is 0 Å². The summed E-state index contributed by atoms with van der Waals surface area (Å²) in [5.74, 6) is 0.686. The SMILES string of the molecule is O=C(Nc1ccc(-c2nc3ccccc3[nH]2)cc1)C1CCN(C(=O)Nc2ccccc2)CC1. The first kappa shape index (κ1) is 20.8. The fourth-order valence-corrected chi connectivity index (χ4v) is 4.11. The van der Waals surface area contributed by atoms with Crippen LogP contribution in [0.15, 0.2) is 78.9 Å². The van der Waals surface area contributed by atoms with Crippen molar-refractivity contribution in [1.82, 2.24) is 14.9 Å². The number of hydrogen-bond acceptors (Lipinski definition) is 3. The van der Waals surface area contributed by atoms with Gasteiger partial charge in [-0.1, -0.05) is 30.3 Å². The lowest BCUT2D eigenvalue weighted by Crippen LogP contribution is -2.43. The third-order valence-electron chi connectivity index (χ3n) is 5.99. The molecule has 166 valence electrons. The second-order valence-corrected chi connectivity index (χ2v) is 8.23. The summed E-state index contributed by atoms with van der Waals surface area (Å²) in [6.45, 7) is 1.11. The molecule has 3 amide bonds. The Morgan fingerprint density at radius 2 is 1.48 bits per heavy atom. The lowest BCUT2D eigenvalue weighted by Gasteiger charge is -2.31. The average Bonchev–Trinajstić information content (AvgIpc) is 3.29. The fourth-order valence-electron chi connectivity index (χ4n) is 4.11. The van der Waals surface area contributed by atoms with Crippen molar-refractivity contribution in [2.75, 3.05) is 23.7 Å². The number of urea groups is 1. The lowest BCUT2D eigenvalue weighted by atomic mass is 9.96. The number of carbonyl (C=O) groups excluding carboxylic acids is 2. The number of hydrogen-bond donors (Lipinski definition) is 3. The highest BCUT2D eigenvalue weighted by Crippen LogP contribution is 2.24. The molecule has 2 heterocycles. The second kappa shape index (κ2) is 9.16. The van der Waals surface area contributed by atoms with Crippen molar-refractivity contribution in [1.29, 1.82) is 0 Å². The number of aromatic amines is 1. The molecule has 4 aromatic rings. The van der Waals surface area contributed by atoms with Crippen LogP contribution in [0.1, 0.15) is 12.8 Å². The van der Waals surface area contributed by atoms with Gasteiger partial charge in [0.2, 0.25) is 5.91 Å². The molecular weight excluding hydrogens is 414 g/mol. The highest BCUT2D eigenvalue weighted by atomic mass is 16.2. The number of H-pyrrole nitrogens is 1. The number of amides is 3. The molecule has 7 heteroatoms. The van der Waals surface area contributed by atoms with E-state index in [4.69, 9.17) is 0 Å². The van der Waals surface area contributed by atoms with Gasteiger partial charge in [-0.2, -0.15) is 0 Å². The van der Waals surface area contributed by atoms with E-state index >= 15 is 0 Å². The van der Waals surface area contributed by atoms with Crippen molar-refractivity contribution < 1.29 is 9.59 Å². The Morgan fingerprint density at radius 1 is 0.818 bits per heavy atom. The van der Waals surface area contributed by atoms with E-state index in [9.17, 15) is 9.59 Å². The van der Waals surface area contributed by atoms with E-state index in [2.05, 4.69) is 20.6 Å². The summed E-state index contributed by atoms with van der Waals surface area (Å²) in [7, 11) is 0. The van der Waals surface area contributed by atoms with Gasteiger partial charge in [-0.25, -0.2) is 9.78 Å². The number of piperidine rings is 1. The predicted molar refractivity (Wildman–Crippen MR) is 130 cm³/mol. The molecule has 33 heavy (non-hydrogen) atoms. The number of anilines is 2. The Morgan fingerprint density at radius 3 is 2.21 bits per heavy atom. The summed E-state index contributed by atoms with van der Waals surface area (Å²) in [6, 6.07) is 24.9. The molecule has 1 aliphatic rings. The fraction of sp³-hybridized carbons (Fsp3) is 0.192. The summed E-state index contributed by atoms with van der Waals surface area (Å²) in [5, 5.41) is 5.91. The van der Waals surface area contributed by atoms with Gasteiger partial charge in [-0.15, -0.1) is 0 Å². The number of carbonyl (C=O) groups is 2. The minimum Gasteiger partial charge on any atom is -0.338 e. The zero-order valence-electron chi connectivity index (χ0n) is 18.1. The summed E-state index contributed by atoms with van der Waals surface area (Å²) < 4.78 is 0. The van der Waals surface area contributed by atoms with Crippen LogP contribution < -0.4 is 10.6 Å². The molecule has 0 saturated carbocycles. The van der Waals surface area contributed by atoms with Crippen LogP contribution in [0.2, 0.25) is 0 Å². The zero-order chi connectivity index (χ0) is 22.6. The molecule has 7 nitrogen and oxygen atoms in total. The number of imidazole rings is 1. The van der Waals surface area contributed by atoms with E-state index in [0.29, 0.717) is 25.9 Å². The number of para-hydroxylation sites is 3. The zero-order valence-corrected chi connectivity index (χ0v) is 18.1. The molecule has 1 aromatic heterocycles. The molecule has 0 atom stereocenters. The molecule has 3 aromatic carbocycles. The quantitative estimate of drug-likeness (QED) is 0.413. The van der Waals surface area contributed by atoms with E-state index in [-0.39, 0.29) is 17.9 Å².